The van der Waals surface area contributed by atoms with E-state index in [1.54, 1.807) is 0 Å². The first-order chi connectivity index (χ1) is 8.88. The summed E-state index contributed by atoms with van der Waals surface area (Å²) in [7, 11) is 0. The third kappa shape index (κ3) is 1.46. The van der Waals surface area contributed by atoms with Crippen molar-refractivity contribution in [1.82, 2.24) is 0 Å². The van der Waals surface area contributed by atoms with Crippen LogP contribution in [0, 0.1) is 26.1 Å². The average Bonchev–Trinajstić information content (AvgIpc) is 2.81. The van der Waals surface area contributed by atoms with E-state index in [1.807, 2.05) is 0 Å². The summed E-state index contributed by atoms with van der Waals surface area (Å²) < 4.78 is 5.50. The monoisotopic (exact) mass is 274 g/mol. The third-order valence-electron chi connectivity index (χ3n) is 4.80. The van der Waals surface area contributed by atoms with Gasteiger partial charge in [-0.2, -0.15) is 0 Å². The summed E-state index contributed by atoms with van der Waals surface area (Å²) in [5, 5.41) is 41.9. The maximum atomic E-state index is 11.1. The smallest absolute Gasteiger partial charge is 0.247 e. The molecule has 1 aliphatic carbocycles. The Morgan fingerprint density at radius 2 is 1.84 bits per heavy atom. The summed E-state index contributed by atoms with van der Waals surface area (Å²) in [5.41, 5.74) is -1.34. The molecule has 2 heterocycles. The van der Waals surface area contributed by atoms with Crippen LogP contribution in [-0.2, 0) is 4.74 Å². The summed E-state index contributed by atoms with van der Waals surface area (Å²) >= 11 is 0. The van der Waals surface area contributed by atoms with Crippen LogP contribution < -0.4 is 0 Å². The maximum Gasteiger partial charge on any atom is 0.247 e. The van der Waals surface area contributed by atoms with Crippen LogP contribution in [0.3, 0.4) is 0 Å². The van der Waals surface area contributed by atoms with Gasteiger partial charge in [-0.05, 0) is 6.42 Å². The molecular formula is C10H14N2O7. The van der Waals surface area contributed by atoms with Gasteiger partial charge in [0.25, 0.3) is 0 Å². The molecule has 0 aromatic rings. The highest BCUT2D eigenvalue weighted by Gasteiger charge is 2.75. The summed E-state index contributed by atoms with van der Waals surface area (Å²) in [6, 6.07) is -1.98. The highest BCUT2D eigenvalue weighted by molar-refractivity contribution is 5.18. The summed E-state index contributed by atoms with van der Waals surface area (Å²) in [5.74, 6) is -0.568. The molecule has 2 saturated heterocycles. The van der Waals surface area contributed by atoms with E-state index in [4.69, 9.17) is 4.74 Å². The molecule has 0 unspecified atom stereocenters. The second-order valence-corrected chi connectivity index (χ2v) is 5.58. The van der Waals surface area contributed by atoms with Crippen molar-refractivity contribution in [3.8, 4) is 0 Å². The van der Waals surface area contributed by atoms with Crippen molar-refractivity contribution in [2.45, 2.75) is 55.3 Å². The van der Waals surface area contributed by atoms with E-state index in [0.29, 0.717) is 0 Å². The van der Waals surface area contributed by atoms with Crippen LogP contribution in [0.2, 0.25) is 0 Å². The molecule has 7 atom stereocenters. The average molecular weight is 274 g/mol. The second kappa shape index (κ2) is 3.84. The zero-order valence-electron chi connectivity index (χ0n) is 9.92. The highest BCUT2D eigenvalue weighted by Crippen LogP contribution is 2.55. The zero-order valence-corrected chi connectivity index (χ0v) is 9.92. The standard InChI is InChI=1S/C10H14N2O7/c13-7-8-6(12(17)18)5-2-1-4(11(15)16)3-10(5,19-8)9(7)14/h4-9,13-14H,1-3H2/t4-,5+,6+,7-,8-,9-,10+/m1/s1. The quantitative estimate of drug-likeness (QED) is 0.484. The lowest BCUT2D eigenvalue weighted by Gasteiger charge is -2.41. The van der Waals surface area contributed by atoms with Crippen LogP contribution in [0.15, 0.2) is 0 Å². The van der Waals surface area contributed by atoms with Crippen LogP contribution in [0.1, 0.15) is 19.3 Å². The lowest BCUT2D eigenvalue weighted by molar-refractivity contribution is -0.548. The summed E-state index contributed by atoms with van der Waals surface area (Å²) in [4.78, 5) is 21.1. The predicted molar refractivity (Wildman–Crippen MR) is 58.5 cm³/mol. The normalized spacial score (nSPS) is 51.9. The first-order valence-electron chi connectivity index (χ1n) is 6.19. The van der Waals surface area contributed by atoms with Gasteiger partial charge in [0.15, 0.2) is 6.10 Å². The van der Waals surface area contributed by atoms with Gasteiger partial charge in [0.05, 0.1) is 5.92 Å². The van der Waals surface area contributed by atoms with E-state index >= 15 is 0 Å². The van der Waals surface area contributed by atoms with Crippen LogP contribution in [0.5, 0.6) is 0 Å². The molecule has 9 heteroatoms. The van der Waals surface area contributed by atoms with Crippen molar-refractivity contribution in [2.24, 2.45) is 5.92 Å². The third-order valence-corrected chi connectivity index (χ3v) is 4.80. The number of aliphatic hydroxyl groups is 2. The van der Waals surface area contributed by atoms with Crippen molar-refractivity contribution >= 4 is 0 Å². The van der Waals surface area contributed by atoms with E-state index in [9.17, 15) is 30.4 Å². The van der Waals surface area contributed by atoms with Gasteiger partial charge in [-0.1, -0.05) is 0 Å². The summed E-state index contributed by atoms with van der Waals surface area (Å²) in [6.45, 7) is 0. The van der Waals surface area contributed by atoms with Crippen molar-refractivity contribution in [3.63, 3.8) is 0 Å². The van der Waals surface area contributed by atoms with Gasteiger partial charge in [-0.3, -0.25) is 20.2 Å². The van der Waals surface area contributed by atoms with E-state index in [0.717, 1.165) is 0 Å². The first kappa shape index (κ1) is 12.7. The van der Waals surface area contributed by atoms with Gasteiger partial charge in [-0.15, -0.1) is 0 Å². The zero-order chi connectivity index (χ0) is 13.9. The largest absolute Gasteiger partial charge is 0.387 e. The number of aliphatic hydroxyl groups excluding tert-OH is 2. The highest BCUT2D eigenvalue weighted by atomic mass is 16.6. The number of hydrogen-bond acceptors (Lipinski definition) is 7. The molecule has 106 valence electrons. The molecule has 3 rings (SSSR count). The van der Waals surface area contributed by atoms with Gasteiger partial charge >= 0.3 is 0 Å². The molecule has 3 fully saturated rings. The molecule has 0 aromatic carbocycles. The topological polar surface area (TPSA) is 136 Å². The number of rotatable bonds is 2. The molecule has 1 saturated carbocycles. The molecule has 9 nitrogen and oxygen atoms in total. The van der Waals surface area contributed by atoms with Crippen molar-refractivity contribution in [3.05, 3.63) is 20.2 Å². The van der Waals surface area contributed by atoms with Gasteiger partial charge in [0.2, 0.25) is 12.1 Å². The van der Waals surface area contributed by atoms with Crippen molar-refractivity contribution in [2.75, 3.05) is 0 Å². The Bertz CT molecular complexity index is 444. The number of fused-ring (bicyclic) bond motifs is 1. The Morgan fingerprint density at radius 3 is 2.42 bits per heavy atom. The molecule has 2 bridgehead atoms. The van der Waals surface area contributed by atoms with E-state index in [-0.39, 0.29) is 19.3 Å². The summed E-state index contributed by atoms with van der Waals surface area (Å²) in [6.07, 6.45) is -3.29. The fraction of sp³-hybridized carbons (Fsp3) is 1.00. The lowest BCUT2D eigenvalue weighted by atomic mass is 9.64. The molecule has 3 aliphatic rings. The fourth-order valence-electron chi connectivity index (χ4n) is 3.98. The van der Waals surface area contributed by atoms with Gasteiger partial charge < -0.3 is 14.9 Å². The van der Waals surface area contributed by atoms with Crippen LogP contribution >= 0.6 is 0 Å². The van der Waals surface area contributed by atoms with Gasteiger partial charge in [0, 0.05) is 22.7 Å². The predicted octanol–water partition coefficient (Wildman–Crippen LogP) is -1.05. The van der Waals surface area contributed by atoms with Crippen LogP contribution in [0.25, 0.3) is 0 Å². The molecular weight excluding hydrogens is 260 g/mol. The molecule has 0 amide bonds. The van der Waals surface area contributed by atoms with E-state index < -0.39 is 51.8 Å². The Hall–Kier alpha value is -1.32. The Morgan fingerprint density at radius 1 is 1.16 bits per heavy atom. The number of nitro groups is 2. The van der Waals surface area contributed by atoms with Crippen LogP contribution in [-0.4, -0.2) is 56.1 Å². The lowest BCUT2D eigenvalue weighted by Crippen LogP contribution is -2.61. The molecule has 2 aliphatic heterocycles. The van der Waals surface area contributed by atoms with Gasteiger partial charge in [0.1, 0.15) is 17.8 Å². The number of nitrogens with zero attached hydrogens (tertiary/aromatic N) is 2. The molecule has 0 aromatic heterocycles. The minimum Gasteiger partial charge on any atom is -0.387 e. The van der Waals surface area contributed by atoms with Crippen LogP contribution in [0.4, 0.5) is 0 Å². The Kier molecular flexibility index (Phi) is 2.57. The number of ether oxygens (including phenoxy) is 1. The van der Waals surface area contributed by atoms with Crippen molar-refractivity contribution < 1.29 is 24.8 Å². The maximum absolute atomic E-state index is 11.1. The Balaban J connectivity index is 1.97. The molecule has 2 N–H and O–H groups in total. The minimum absolute atomic E-state index is 0.0796. The SMILES string of the molecule is O=[N+]([O-])[C@@H]1CC[C@H]2[C@H]([N+](=O)[O-])[C@H]3O[C@]2(C1)[C@H](O)[C@@H]3O. The van der Waals surface area contributed by atoms with Gasteiger partial charge in [-0.25, -0.2) is 0 Å². The first-order valence-corrected chi connectivity index (χ1v) is 6.19. The van der Waals surface area contributed by atoms with E-state index in [1.165, 1.54) is 0 Å². The van der Waals surface area contributed by atoms with Crippen molar-refractivity contribution in [1.29, 1.82) is 0 Å². The number of hydrogen-bond donors (Lipinski definition) is 2. The molecule has 0 radical (unpaired) electrons. The fourth-order valence-corrected chi connectivity index (χ4v) is 3.98. The van der Waals surface area contributed by atoms with E-state index in [2.05, 4.69) is 0 Å². The molecule has 19 heavy (non-hydrogen) atoms. The minimum atomic E-state index is -1.35. The Labute approximate surface area is 107 Å². The second-order valence-electron chi connectivity index (χ2n) is 5.58. The molecule has 1 spiro atoms.